The van der Waals surface area contributed by atoms with Crippen molar-refractivity contribution in [1.29, 1.82) is 0 Å². The number of carbonyl (C=O) groups is 1. The SMILES string of the molecule is Cc1cccc(-c2cnc(C(=O)N[C@H]3CN4CCC3CC4C)o2)c1. The van der Waals surface area contributed by atoms with E-state index in [0.717, 1.165) is 37.1 Å². The minimum atomic E-state index is -0.208. The Kier molecular flexibility index (Phi) is 3.88. The number of piperidine rings is 3. The van der Waals surface area contributed by atoms with Crippen molar-refractivity contribution in [2.45, 2.75) is 38.8 Å². The maximum Gasteiger partial charge on any atom is 0.307 e. The highest BCUT2D eigenvalue weighted by Crippen LogP contribution is 2.32. The summed E-state index contributed by atoms with van der Waals surface area (Å²) in [5.41, 5.74) is 2.09. The zero-order valence-electron chi connectivity index (χ0n) is 14.2. The van der Waals surface area contributed by atoms with E-state index in [4.69, 9.17) is 4.42 Å². The molecule has 2 aromatic rings. The fraction of sp³-hybridized carbons (Fsp3) is 0.474. The third-order valence-corrected chi connectivity index (χ3v) is 5.37. The van der Waals surface area contributed by atoms with Gasteiger partial charge in [0.15, 0.2) is 5.76 Å². The van der Waals surface area contributed by atoms with Gasteiger partial charge in [-0.15, -0.1) is 0 Å². The summed E-state index contributed by atoms with van der Waals surface area (Å²) in [4.78, 5) is 19.1. The molecule has 3 aliphatic heterocycles. The summed E-state index contributed by atoms with van der Waals surface area (Å²) in [5.74, 6) is 1.14. The predicted molar refractivity (Wildman–Crippen MR) is 91.7 cm³/mol. The summed E-state index contributed by atoms with van der Waals surface area (Å²) < 4.78 is 5.69. The molecule has 4 heterocycles. The first kappa shape index (κ1) is 15.4. The molecule has 5 rings (SSSR count). The van der Waals surface area contributed by atoms with Crippen molar-refractivity contribution < 1.29 is 9.21 Å². The van der Waals surface area contributed by atoms with Gasteiger partial charge in [0.1, 0.15) is 0 Å². The van der Waals surface area contributed by atoms with Crippen molar-refractivity contribution in [2.24, 2.45) is 5.92 Å². The van der Waals surface area contributed by atoms with Crippen LogP contribution in [0, 0.1) is 12.8 Å². The number of nitrogens with zero attached hydrogens (tertiary/aromatic N) is 2. The Morgan fingerprint density at radius 2 is 2.29 bits per heavy atom. The fourth-order valence-corrected chi connectivity index (χ4v) is 4.00. The highest BCUT2D eigenvalue weighted by Gasteiger charge is 2.39. The van der Waals surface area contributed by atoms with E-state index in [2.05, 4.69) is 22.1 Å². The van der Waals surface area contributed by atoms with Crippen LogP contribution < -0.4 is 5.32 Å². The summed E-state index contributed by atoms with van der Waals surface area (Å²) in [7, 11) is 0. The van der Waals surface area contributed by atoms with Crippen LogP contribution in [0.3, 0.4) is 0 Å². The lowest BCUT2D eigenvalue weighted by Gasteiger charge is -2.48. The van der Waals surface area contributed by atoms with Crippen LogP contribution in [0.4, 0.5) is 0 Å². The quantitative estimate of drug-likeness (QED) is 0.943. The lowest BCUT2D eigenvalue weighted by Crippen LogP contribution is -2.60. The summed E-state index contributed by atoms with van der Waals surface area (Å²) in [6.45, 7) is 6.38. The Morgan fingerprint density at radius 3 is 3.00 bits per heavy atom. The van der Waals surface area contributed by atoms with Gasteiger partial charge in [-0.05, 0) is 45.2 Å². The number of rotatable bonds is 3. The maximum absolute atomic E-state index is 12.5. The molecule has 126 valence electrons. The number of aromatic nitrogens is 1. The molecule has 3 aliphatic rings. The van der Waals surface area contributed by atoms with Crippen molar-refractivity contribution in [3.63, 3.8) is 0 Å². The molecule has 0 aliphatic carbocycles. The van der Waals surface area contributed by atoms with Gasteiger partial charge in [0.05, 0.1) is 6.20 Å². The van der Waals surface area contributed by atoms with Gasteiger partial charge in [0.25, 0.3) is 5.89 Å². The van der Waals surface area contributed by atoms with Gasteiger partial charge in [0.2, 0.25) is 0 Å². The molecule has 0 saturated carbocycles. The summed E-state index contributed by atoms with van der Waals surface area (Å²) in [6, 6.07) is 8.83. The molecule has 2 bridgehead atoms. The lowest BCUT2D eigenvalue weighted by molar-refractivity contribution is 0.0267. The molecule has 5 heteroatoms. The van der Waals surface area contributed by atoms with Crippen molar-refractivity contribution in [1.82, 2.24) is 15.2 Å². The monoisotopic (exact) mass is 325 g/mol. The first-order chi connectivity index (χ1) is 11.6. The zero-order chi connectivity index (χ0) is 16.7. The normalized spacial score (nSPS) is 28.8. The number of nitrogens with one attached hydrogen (secondary N) is 1. The van der Waals surface area contributed by atoms with Gasteiger partial charge < -0.3 is 9.73 Å². The van der Waals surface area contributed by atoms with Crippen molar-refractivity contribution >= 4 is 5.91 Å². The molecule has 1 amide bonds. The van der Waals surface area contributed by atoms with Crippen LogP contribution >= 0.6 is 0 Å². The molecular weight excluding hydrogens is 302 g/mol. The number of hydrogen-bond acceptors (Lipinski definition) is 4. The Morgan fingerprint density at radius 1 is 1.42 bits per heavy atom. The number of hydrogen-bond donors (Lipinski definition) is 1. The average molecular weight is 325 g/mol. The number of fused-ring (bicyclic) bond motifs is 3. The number of oxazole rings is 1. The van der Waals surface area contributed by atoms with Crippen LogP contribution in [0.15, 0.2) is 34.9 Å². The Labute approximate surface area is 142 Å². The molecule has 1 aromatic carbocycles. The number of carbonyl (C=O) groups excluding carboxylic acids is 1. The first-order valence-corrected chi connectivity index (χ1v) is 8.68. The number of amides is 1. The van der Waals surface area contributed by atoms with Gasteiger partial charge in [-0.1, -0.05) is 23.8 Å². The smallest absolute Gasteiger partial charge is 0.307 e. The van der Waals surface area contributed by atoms with Crippen molar-refractivity contribution in [2.75, 3.05) is 13.1 Å². The molecule has 0 spiro atoms. The molecule has 3 saturated heterocycles. The second-order valence-electron chi connectivity index (χ2n) is 7.11. The fourth-order valence-electron chi connectivity index (χ4n) is 4.00. The molecule has 0 radical (unpaired) electrons. The topological polar surface area (TPSA) is 58.4 Å². The second kappa shape index (κ2) is 6.06. The van der Waals surface area contributed by atoms with E-state index in [-0.39, 0.29) is 17.8 Å². The Bertz CT molecular complexity index is 755. The second-order valence-corrected chi connectivity index (χ2v) is 7.11. The van der Waals surface area contributed by atoms with E-state index in [1.54, 1.807) is 6.20 Å². The van der Waals surface area contributed by atoms with Crippen molar-refractivity contribution in [3.8, 4) is 11.3 Å². The largest absolute Gasteiger partial charge is 0.432 e. The highest BCUT2D eigenvalue weighted by molar-refractivity contribution is 5.90. The predicted octanol–water partition coefficient (Wildman–Crippen LogP) is 2.86. The van der Waals surface area contributed by atoms with Crippen molar-refractivity contribution in [3.05, 3.63) is 41.9 Å². The van der Waals surface area contributed by atoms with Crippen LogP contribution in [0.2, 0.25) is 0 Å². The first-order valence-electron chi connectivity index (χ1n) is 8.68. The molecule has 1 aromatic heterocycles. The van der Waals surface area contributed by atoms with Crippen LogP contribution in [-0.2, 0) is 0 Å². The van der Waals surface area contributed by atoms with E-state index < -0.39 is 0 Å². The summed E-state index contributed by atoms with van der Waals surface area (Å²) in [5, 5.41) is 3.13. The zero-order valence-corrected chi connectivity index (χ0v) is 14.2. The van der Waals surface area contributed by atoms with E-state index in [0.29, 0.717) is 17.7 Å². The Hall–Kier alpha value is -2.14. The van der Waals surface area contributed by atoms with Crippen LogP contribution in [0.5, 0.6) is 0 Å². The van der Waals surface area contributed by atoms with Gasteiger partial charge in [-0.3, -0.25) is 9.69 Å². The van der Waals surface area contributed by atoms with Gasteiger partial charge in [0, 0.05) is 24.2 Å². The lowest BCUT2D eigenvalue weighted by atomic mass is 9.80. The van der Waals surface area contributed by atoms with Gasteiger partial charge in [-0.2, -0.15) is 0 Å². The maximum atomic E-state index is 12.5. The number of aryl methyl sites for hydroxylation is 1. The minimum Gasteiger partial charge on any atom is -0.432 e. The Balaban J connectivity index is 1.46. The summed E-state index contributed by atoms with van der Waals surface area (Å²) >= 11 is 0. The molecule has 3 fully saturated rings. The third-order valence-electron chi connectivity index (χ3n) is 5.37. The van der Waals surface area contributed by atoms with E-state index in [1.165, 1.54) is 0 Å². The summed E-state index contributed by atoms with van der Waals surface area (Å²) in [6.07, 6.45) is 3.95. The number of benzene rings is 1. The minimum absolute atomic E-state index is 0.149. The van der Waals surface area contributed by atoms with Gasteiger partial charge >= 0.3 is 5.91 Å². The van der Waals surface area contributed by atoms with E-state index in [9.17, 15) is 4.79 Å². The van der Waals surface area contributed by atoms with Crippen LogP contribution in [0.25, 0.3) is 11.3 Å². The highest BCUT2D eigenvalue weighted by atomic mass is 16.4. The molecular formula is C19H23N3O2. The van der Waals surface area contributed by atoms with E-state index >= 15 is 0 Å². The van der Waals surface area contributed by atoms with Crippen LogP contribution in [0.1, 0.15) is 36.0 Å². The molecule has 1 N–H and O–H groups in total. The standard InChI is InChI=1S/C19H23N3O2/c1-12-4-3-5-15(8-12)17-10-20-19(24-17)18(23)21-16-11-22-7-6-14(16)9-13(22)2/h3-5,8,10,13-14,16H,6-7,9,11H2,1-2H3,(H,21,23)/t13?,14?,16-/m0/s1. The average Bonchev–Trinajstić information content (AvgIpc) is 3.06. The van der Waals surface area contributed by atoms with Crippen LogP contribution in [-0.4, -0.2) is 41.0 Å². The van der Waals surface area contributed by atoms with E-state index in [1.807, 2.05) is 31.2 Å². The molecule has 5 nitrogen and oxygen atoms in total. The molecule has 3 unspecified atom stereocenters. The molecule has 24 heavy (non-hydrogen) atoms. The third kappa shape index (κ3) is 2.84. The molecule has 4 atom stereocenters. The van der Waals surface area contributed by atoms with Gasteiger partial charge in [-0.25, -0.2) is 4.98 Å².